The van der Waals surface area contributed by atoms with Gasteiger partial charge in [-0.05, 0) is 131 Å². The van der Waals surface area contributed by atoms with E-state index in [1.54, 1.807) is 35.2 Å². The van der Waals surface area contributed by atoms with Crippen LogP contribution in [0.3, 0.4) is 0 Å². The van der Waals surface area contributed by atoms with E-state index in [1.165, 1.54) is 36.8 Å². The van der Waals surface area contributed by atoms with Crippen LogP contribution in [0.5, 0.6) is 5.75 Å². The maximum Gasteiger partial charge on any atom is 0.391 e. The minimum Gasteiger partial charge on any atom is -0.465 e. The lowest BCUT2D eigenvalue weighted by Gasteiger charge is -2.48. The van der Waals surface area contributed by atoms with Gasteiger partial charge in [0.1, 0.15) is 23.9 Å². The fraction of sp³-hybridized carbons (Fsp3) is 0.538. The summed E-state index contributed by atoms with van der Waals surface area (Å²) in [7, 11) is -4.52. The molecule has 2 saturated carbocycles. The number of para-hydroxylation sites is 1. The second-order valence-electron chi connectivity index (χ2n) is 19.9. The van der Waals surface area contributed by atoms with E-state index in [1.807, 2.05) is 36.9 Å². The van der Waals surface area contributed by atoms with Gasteiger partial charge in [-0.1, -0.05) is 68.4 Å². The highest BCUT2D eigenvalue weighted by atomic mass is 32.1. The molecule has 3 aromatic carbocycles. The second-order valence-corrected chi connectivity index (χ2v) is 23.1. The Labute approximate surface area is 410 Å². The van der Waals surface area contributed by atoms with Crippen molar-refractivity contribution in [3.63, 3.8) is 0 Å². The smallest absolute Gasteiger partial charge is 0.391 e. The SMILES string of the molecule is CCCOC(=O)[C@H](C)NP(=O)(Oc1ccccc1)[C@H](F)c1ccc2sc(C(=O)N[C@H]3CC[C@H](N(CC)C4CC(C(F)(F)F)C4)C[C@H]4CC[C@@H](C(=O)N5C[C@H](c6ccccc6)CC56CC6)N4C3=O)cc2c1. The number of hydrogen-bond acceptors (Lipinski definition) is 9. The van der Waals surface area contributed by atoms with Gasteiger partial charge in [-0.25, -0.2) is 9.48 Å². The molecule has 18 heteroatoms. The molecule has 1 spiro atoms. The number of fused-ring (bicyclic) bond motifs is 2. The number of hydrogen-bond donors (Lipinski definition) is 2. The Balaban J connectivity index is 0.965. The fourth-order valence-electron chi connectivity index (χ4n) is 11.5. The number of rotatable bonds is 16. The predicted octanol–water partition coefficient (Wildman–Crippen LogP) is 10.3. The summed E-state index contributed by atoms with van der Waals surface area (Å²) in [5, 5.41) is 6.06. The highest BCUT2D eigenvalue weighted by Gasteiger charge is 2.59. The van der Waals surface area contributed by atoms with Gasteiger partial charge in [-0.2, -0.15) is 13.2 Å². The molecule has 376 valence electrons. The number of likely N-dealkylation sites (tertiary alicyclic amines) is 1. The maximum absolute atomic E-state index is 16.8. The Morgan fingerprint density at radius 1 is 0.929 bits per heavy atom. The maximum atomic E-state index is 16.8. The van der Waals surface area contributed by atoms with Crippen molar-refractivity contribution in [2.24, 2.45) is 5.92 Å². The van der Waals surface area contributed by atoms with Crippen LogP contribution >= 0.6 is 18.9 Å². The molecular formula is C52H62F4N5O7PS. The lowest BCUT2D eigenvalue weighted by molar-refractivity contribution is -0.209. The van der Waals surface area contributed by atoms with Crippen molar-refractivity contribution in [2.75, 3.05) is 19.7 Å². The average Bonchev–Trinajstić information content (AvgIpc) is 3.59. The molecule has 4 heterocycles. The van der Waals surface area contributed by atoms with Crippen molar-refractivity contribution in [1.82, 2.24) is 25.1 Å². The van der Waals surface area contributed by atoms with E-state index in [-0.39, 0.29) is 83.5 Å². The molecule has 1 unspecified atom stereocenters. The van der Waals surface area contributed by atoms with E-state index < -0.39 is 55.5 Å². The van der Waals surface area contributed by atoms with Crippen LogP contribution in [0.1, 0.15) is 124 Å². The van der Waals surface area contributed by atoms with Gasteiger partial charge in [0.15, 0.2) is 0 Å². The molecule has 5 fully saturated rings. The highest BCUT2D eigenvalue weighted by molar-refractivity contribution is 7.57. The van der Waals surface area contributed by atoms with Crippen LogP contribution in [0.4, 0.5) is 17.6 Å². The Hall–Kier alpha value is -4.83. The van der Waals surface area contributed by atoms with E-state index in [9.17, 15) is 32.1 Å². The third kappa shape index (κ3) is 10.3. The van der Waals surface area contributed by atoms with Gasteiger partial charge in [0.05, 0.1) is 17.4 Å². The number of nitrogens with zero attached hydrogens (tertiary/aromatic N) is 3. The number of carbonyl (C=O) groups excluding carboxylic acids is 4. The van der Waals surface area contributed by atoms with Crippen molar-refractivity contribution < 1.29 is 50.6 Å². The van der Waals surface area contributed by atoms with E-state index in [0.29, 0.717) is 55.3 Å². The van der Waals surface area contributed by atoms with Crippen molar-refractivity contribution in [1.29, 1.82) is 0 Å². The Morgan fingerprint density at radius 3 is 2.31 bits per heavy atom. The molecule has 5 aliphatic rings. The Kier molecular flexibility index (Phi) is 14.6. The van der Waals surface area contributed by atoms with Gasteiger partial charge in [-0.3, -0.25) is 28.6 Å². The minimum absolute atomic E-state index is 0.0137. The molecule has 9 rings (SSSR count). The van der Waals surface area contributed by atoms with E-state index in [2.05, 4.69) is 27.4 Å². The number of ether oxygens (including phenoxy) is 1. The largest absolute Gasteiger partial charge is 0.465 e. The van der Waals surface area contributed by atoms with Crippen LogP contribution < -0.4 is 14.9 Å². The molecule has 3 aliphatic heterocycles. The van der Waals surface area contributed by atoms with Crippen LogP contribution in [0.15, 0.2) is 84.9 Å². The molecule has 3 amide bonds. The summed E-state index contributed by atoms with van der Waals surface area (Å²) < 4.78 is 84.0. The lowest BCUT2D eigenvalue weighted by atomic mass is 9.77. The molecule has 70 heavy (non-hydrogen) atoms. The molecule has 2 N–H and O–H groups in total. The number of thiophene rings is 1. The topological polar surface area (TPSA) is 138 Å². The number of carbonyl (C=O) groups is 4. The van der Waals surface area contributed by atoms with Gasteiger partial charge in [0.2, 0.25) is 17.7 Å². The Bertz CT molecular complexity index is 2590. The zero-order chi connectivity index (χ0) is 49.5. The summed E-state index contributed by atoms with van der Waals surface area (Å²) in [4.78, 5) is 63.1. The first-order valence-electron chi connectivity index (χ1n) is 24.8. The van der Waals surface area contributed by atoms with Gasteiger partial charge in [0.25, 0.3) is 5.91 Å². The fourth-order valence-corrected chi connectivity index (χ4v) is 14.3. The highest BCUT2D eigenvalue weighted by Crippen LogP contribution is 2.58. The first-order chi connectivity index (χ1) is 33.5. The summed E-state index contributed by atoms with van der Waals surface area (Å²) in [6.45, 7) is 6.40. The van der Waals surface area contributed by atoms with Gasteiger partial charge in [-0.15, -0.1) is 11.3 Å². The van der Waals surface area contributed by atoms with Crippen LogP contribution in [-0.4, -0.2) is 106 Å². The molecule has 0 bridgehead atoms. The van der Waals surface area contributed by atoms with Gasteiger partial charge in [0, 0.05) is 40.8 Å². The summed E-state index contributed by atoms with van der Waals surface area (Å²) in [6, 6.07) is 20.6. The molecule has 8 atom stereocenters. The predicted molar refractivity (Wildman–Crippen MR) is 259 cm³/mol. The number of benzene rings is 3. The number of halogens is 4. The van der Waals surface area contributed by atoms with Crippen LogP contribution in [0.25, 0.3) is 10.1 Å². The monoisotopic (exact) mass is 1010 g/mol. The zero-order valence-corrected chi connectivity index (χ0v) is 41.5. The van der Waals surface area contributed by atoms with Gasteiger partial charge >= 0.3 is 19.7 Å². The molecule has 3 saturated heterocycles. The van der Waals surface area contributed by atoms with E-state index in [4.69, 9.17) is 9.26 Å². The normalized spacial score (nSPS) is 27.0. The number of alkyl halides is 4. The van der Waals surface area contributed by atoms with Crippen LogP contribution in [0.2, 0.25) is 0 Å². The third-order valence-corrected chi connectivity index (χ3v) is 18.6. The van der Waals surface area contributed by atoms with Crippen LogP contribution in [0, 0.1) is 5.92 Å². The van der Waals surface area contributed by atoms with Crippen LogP contribution in [-0.2, 0) is 23.7 Å². The second kappa shape index (κ2) is 20.4. The summed E-state index contributed by atoms with van der Waals surface area (Å²) in [6.07, 6.45) is 1.17. The standard InChI is InChI=1S/C52H62F4N5O7PS/c1-4-24-67-50(65)32(3)58-69(66,68-41-14-10-7-11-15-41)46(53)34-16-21-44-35(25-34)26-45(70-44)47(62)57-42-19-17-38(59(5-2)40-27-37(28-40)52(54,55)56)29-39-18-20-43(61(39)48(42)63)49(64)60-31-36(30-51(60)22-23-51)33-12-8-6-9-13-33/h6-16,21,25-26,32,36-40,42-43,46H,4-5,17-20,22-24,27-31H2,1-3H3,(H,57,62)(H,58,66)/t32-,36+,37?,38-,39+,40?,42-,43-,46-,69?/m0/s1. The molecule has 0 radical (unpaired) electrons. The number of esters is 1. The van der Waals surface area contributed by atoms with Crippen molar-refractivity contribution in [2.45, 2.75) is 151 Å². The molecular weight excluding hydrogens is 946 g/mol. The molecule has 12 nitrogen and oxygen atoms in total. The molecule has 4 aromatic rings. The lowest BCUT2D eigenvalue weighted by Crippen LogP contribution is -2.60. The van der Waals surface area contributed by atoms with Crippen molar-refractivity contribution >= 4 is 52.6 Å². The van der Waals surface area contributed by atoms with E-state index in [0.717, 1.165) is 30.6 Å². The number of nitrogens with one attached hydrogen (secondary N) is 2. The molecule has 1 aromatic heterocycles. The Morgan fingerprint density at radius 2 is 1.64 bits per heavy atom. The van der Waals surface area contributed by atoms with Crippen molar-refractivity contribution in [3.8, 4) is 5.75 Å². The number of amides is 3. The summed E-state index contributed by atoms with van der Waals surface area (Å²) in [5.74, 6) is -5.00. The average molecular weight is 1010 g/mol. The first kappa shape index (κ1) is 50.1. The first-order valence-corrected chi connectivity index (χ1v) is 27.3. The van der Waals surface area contributed by atoms with Gasteiger partial charge < -0.3 is 24.4 Å². The van der Waals surface area contributed by atoms with E-state index >= 15 is 9.18 Å². The minimum atomic E-state index is -4.52. The third-order valence-electron chi connectivity index (χ3n) is 15.3. The summed E-state index contributed by atoms with van der Waals surface area (Å²) >= 11 is 1.13. The van der Waals surface area contributed by atoms with Crippen molar-refractivity contribution in [3.05, 3.63) is 101 Å². The quantitative estimate of drug-likeness (QED) is 0.0638. The zero-order valence-electron chi connectivity index (χ0n) is 39.7. The summed E-state index contributed by atoms with van der Waals surface area (Å²) in [5.41, 5.74) is 0.906. The molecule has 2 aliphatic carbocycles.